The lowest BCUT2D eigenvalue weighted by Crippen LogP contribution is -2.43. The van der Waals surface area contributed by atoms with E-state index in [0.717, 1.165) is 5.56 Å². The number of likely N-dealkylation sites (N-methyl/N-ethyl adjacent to an activating group) is 1. The normalized spacial score (nSPS) is 11.6. The maximum Gasteiger partial charge on any atom is 0.317 e. The first-order chi connectivity index (χ1) is 9.91. The number of nitrogens with zero attached hydrogens (tertiary/aromatic N) is 2. The van der Waals surface area contributed by atoms with E-state index in [0.29, 0.717) is 13.0 Å². The Balaban J connectivity index is 2.34. The molecule has 0 saturated carbocycles. The number of urea groups is 1. The molecule has 116 valence electrons. The Bertz CT molecular complexity index is 462. The van der Waals surface area contributed by atoms with E-state index in [4.69, 9.17) is 0 Å². The molecule has 0 heterocycles. The summed E-state index contributed by atoms with van der Waals surface area (Å²) in [7, 11) is 4.90. The predicted octanol–water partition coefficient (Wildman–Crippen LogP) is 0.840. The van der Waals surface area contributed by atoms with Crippen molar-refractivity contribution in [2.24, 2.45) is 0 Å². The molecular weight excluding hydrogens is 270 g/mol. The maximum atomic E-state index is 11.8. The molecule has 0 fully saturated rings. The number of carbonyl (C=O) groups is 2. The Hall–Kier alpha value is -2.08. The average molecular weight is 293 g/mol. The zero-order chi connectivity index (χ0) is 15.8. The van der Waals surface area contributed by atoms with E-state index >= 15 is 0 Å². The molecule has 0 aliphatic rings. The first-order valence-corrected chi connectivity index (χ1v) is 6.84. The minimum Gasteiger partial charge on any atom is -0.388 e. The molecule has 6 heteroatoms. The van der Waals surface area contributed by atoms with Gasteiger partial charge in [-0.15, -0.1) is 0 Å². The van der Waals surface area contributed by atoms with Gasteiger partial charge in [-0.25, -0.2) is 4.79 Å². The fourth-order valence-electron chi connectivity index (χ4n) is 1.70. The van der Waals surface area contributed by atoms with Crippen LogP contribution in [0.4, 0.5) is 4.79 Å². The third kappa shape index (κ3) is 5.83. The second-order valence-electron chi connectivity index (χ2n) is 5.08. The van der Waals surface area contributed by atoms with E-state index in [1.54, 1.807) is 21.1 Å². The van der Waals surface area contributed by atoms with Crippen LogP contribution in [0.15, 0.2) is 30.3 Å². The molecular formula is C15H23N3O3. The van der Waals surface area contributed by atoms with Gasteiger partial charge in [-0.2, -0.15) is 0 Å². The molecule has 1 rings (SSSR count). The third-order valence-corrected chi connectivity index (χ3v) is 3.16. The van der Waals surface area contributed by atoms with Crippen LogP contribution in [0.3, 0.4) is 0 Å². The van der Waals surface area contributed by atoms with Gasteiger partial charge in [0.1, 0.15) is 0 Å². The summed E-state index contributed by atoms with van der Waals surface area (Å²) in [5, 5.41) is 12.6. The van der Waals surface area contributed by atoms with E-state index in [2.05, 4.69) is 5.32 Å². The highest BCUT2D eigenvalue weighted by molar-refractivity contribution is 5.83. The number of amides is 3. The van der Waals surface area contributed by atoms with Crippen molar-refractivity contribution in [1.82, 2.24) is 15.1 Å². The third-order valence-electron chi connectivity index (χ3n) is 3.16. The van der Waals surface area contributed by atoms with Crippen molar-refractivity contribution in [2.45, 2.75) is 12.5 Å². The zero-order valence-corrected chi connectivity index (χ0v) is 12.7. The quantitative estimate of drug-likeness (QED) is 0.816. The van der Waals surface area contributed by atoms with Crippen LogP contribution in [0, 0.1) is 0 Å². The van der Waals surface area contributed by atoms with Crippen molar-refractivity contribution >= 4 is 11.9 Å². The molecule has 1 unspecified atom stereocenters. The molecule has 0 bridgehead atoms. The zero-order valence-electron chi connectivity index (χ0n) is 12.7. The standard InChI is InChI=1S/C15H23N3O3/c1-17(2)14(20)11-16-15(21)18(3)10-9-13(19)12-7-5-4-6-8-12/h4-8,13,19H,9-11H2,1-3H3,(H,16,21). The van der Waals surface area contributed by atoms with Crippen molar-refractivity contribution in [3.8, 4) is 0 Å². The fraction of sp³-hybridized carbons (Fsp3) is 0.467. The van der Waals surface area contributed by atoms with Gasteiger partial charge in [0.15, 0.2) is 0 Å². The highest BCUT2D eigenvalue weighted by atomic mass is 16.3. The molecule has 0 radical (unpaired) electrons. The molecule has 6 nitrogen and oxygen atoms in total. The van der Waals surface area contributed by atoms with E-state index < -0.39 is 6.10 Å². The van der Waals surface area contributed by atoms with Crippen molar-refractivity contribution in [1.29, 1.82) is 0 Å². The van der Waals surface area contributed by atoms with Gasteiger partial charge in [-0.1, -0.05) is 30.3 Å². The van der Waals surface area contributed by atoms with Gasteiger partial charge < -0.3 is 20.2 Å². The van der Waals surface area contributed by atoms with Gasteiger partial charge in [0, 0.05) is 27.7 Å². The minimum absolute atomic E-state index is 0.0303. The second-order valence-corrected chi connectivity index (χ2v) is 5.08. The lowest BCUT2D eigenvalue weighted by Gasteiger charge is -2.20. The summed E-state index contributed by atoms with van der Waals surface area (Å²) in [6, 6.07) is 8.98. The number of aliphatic hydroxyl groups is 1. The molecule has 21 heavy (non-hydrogen) atoms. The smallest absolute Gasteiger partial charge is 0.317 e. The lowest BCUT2D eigenvalue weighted by atomic mass is 10.1. The van der Waals surface area contributed by atoms with Crippen LogP contribution in [-0.4, -0.2) is 61.1 Å². The van der Waals surface area contributed by atoms with E-state index in [-0.39, 0.29) is 18.5 Å². The number of hydrogen-bond donors (Lipinski definition) is 2. The number of aliphatic hydroxyl groups excluding tert-OH is 1. The van der Waals surface area contributed by atoms with Crippen molar-refractivity contribution < 1.29 is 14.7 Å². The largest absolute Gasteiger partial charge is 0.388 e. The van der Waals surface area contributed by atoms with Crippen LogP contribution < -0.4 is 5.32 Å². The van der Waals surface area contributed by atoms with Crippen LogP contribution in [-0.2, 0) is 4.79 Å². The second kappa shape index (κ2) is 8.26. The lowest BCUT2D eigenvalue weighted by molar-refractivity contribution is -0.127. The van der Waals surface area contributed by atoms with E-state index in [9.17, 15) is 14.7 Å². The van der Waals surface area contributed by atoms with Crippen LogP contribution in [0.2, 0.25) is 0 Å². The van der Waals surface area contributed by atoms with Crippen LogP contribution in [0.5, 0.6) is 0 Å². The molecule has 0 aliphatic carbocycles. The molecule has 0 aliphatic heterocycles. The van der Waals surface area contributed by atoms with Crippen LogP contribution in [0.1, 0.15) is 18.1 Å². The van der Waals surface area contributed by atoms with Crippen molar-refractivity contribution in [2.75, 3.05) is 34.2 Å². The molecule has 1 atom stereocenters. The van der Waals surface area contributed by atoms with Gasteiger partial charge in [-0.3, -0.25) is 4.79 Å². The SMILES string of the molecule is CN(C)C(=O)CNC(=O)N(C)CCC(O)c1ccccc1. The van der Waals surface area contributed by atoms with Gasteiger partial charge in [-0.05, 0) is 12.0 Å². The molecule has 0 spiro atoms. The molecule has 0 aromatic heterocycles. The van der Waals surface area contributed by atoms with Gasteiger partial charge in [0.2, 0.25) is 5.91 Å². The fourth-order valence-corrected chi connectivity index (χ4v) is 1.70. The van der Waals surface area contributed by atoms with Crippen LogP contribution in [0.25, 0.3) is 0 Å². The Morgan fingerprint density at radius 2 is 1.81 bits per heavy atom. The topological polar surface area (TPSA) is 72.9 Å². The summed E-state index contributed by atoms with van der Waals surface area (Å²) in [4.78, 5) is 26.0. The Morgan fingerprint density at radius 1 is 1.19 bits per heavy atom. The summed E-state index contributed by atoms with van der Waals surface area (Å²) in [5.41, 5.74) is 0.828. The van der Waals surface area contributed by atoms with Gasteiger partial charge >= 0.3 is 6.03 Å². The van der Waals surface area contributed by atoms with Gasteiger partial charge in [0.05, 0.1) is 12.6 Å². The Labute approximate surface area is 125 Å². The predicted molar refractivity (Wildman–Crippen MR) is 80.7 cm³/mol. The monoisotopic (exact) mass is 293 g/mol. The summed E-state index contributed by atoms with van der Waals surface area (Å²) in [6.45, 7) is 0.370. The molecule has 1 aromatic rings. The summed E-state index contributed by atoms with van der Waals surface area (Å²) in [5.74, 6) is -0.166. The maximum absolute atomic E-state index is 11.8. The molecule has 0 saturated heterocycles. The van der Waals surface area contributed by atoms with Crippen molar-refractivity contribution in [3.05, 3.63) is 35.9 Å². The average Bonchev–Trinajstić information content (AvgIpc) is 2.50. The van der Waals surface area contributed by atoms with Crippen molar-refractivity contribution in [3.63, 3.8) is 0 Å². The number of hydrogen-bond acceptors (Lipinski definition) is 3. The molecule has 3 amide bonds. The number of nitrogens with one attached hydrogen (secondary N) is 1. The number of benzene rings is 1. The summed E-state index contributed by atoms with van der Waals surface area (Å²) in [6.07, 6.45) is -0.167. The van der Waals surface area contributed by atoms with E-state index in [1.807, 2.05) is 30.3 Å². The first kappa shape index (κ1) is 17.0. The first-order valence-electron chi connectivity index (χ1n) is 6.84. The summed E-state index contributed by atoms with van der Waals surface area (Å²) < 4.78 is 0. The molecule has 2 N–H and O–H groups in total. The summed E-state index contributed by atoms with van der Waals surface area (Å²) >= 11 is 0. The highest BCUT2D eigenvalue weighted by Gasteiger charge is 2.13. The Morgan fingerprint density at radius 3 is 2.38 bits per heavy atom. The highest BCUT2D eigenvalue weighted by Crippen LogP contribution is 2.15. The van der Waals surface area contributed by atoms with E-state index in [1.165, 1.54) is 9.80 Å². The van der Waals surface area contributed by atoms with Crippen LogP contribution >= 0.6 is 0 Å². The molecule has 1 aromatic carbocycles. The number of carbonyl (C=O) groups excluding carboxylic acids is 2. The van der Waals surface area contributed by atoms with Gasteiger partial charge in [0.25, 0.3) is 0 Å². The minimum atomic E-state index is -0.607. The number of rotatable bonds is 6. The Kier molecular flexibility index (Phi) is 6.68.